The number of likely N-dealkylation sites (tertiary alicyclic amines) is 1. The summed E-state index contributed by atoms with van der Waals surface area (Å²) in [5.41, 5.74) is 0.717. The Morgan fingerprint density at radius 1 is 1.32 bits per heavy atom. The maximum atomic E-state index is 12.0. The molecule has 1 fully saturated rings. The van der Waals surface area contributed by atoms with Gasteiger partial charge in [-0.05, 0) is 32.3 Å². The molecule has 0 aliphatic carbocycles. The number of rotatable bonds is 4. The number of carbonyl (C=O) groups is 1. The largest absolute Gasteiger partial charge is 0.483 e. The molecule has 0 aromatic heterocycles. The molecule has 1 N–H and O–H groups in total. The van der Waals surface area contributed by atoms with Crippen molar-refractivity contribution in [3.8, 4) is 5.75 Å². The zero-order valence-electron chi connectivity index (χ0n) is 11.3. The van der Waals surface area contributed by atoms with Crippen molar-refractivity contribution in [2.24, 2.45) is 0 Å². The summed E-state index contributed by atoms with van der Waals surface area (Å²) in [5.74, 6) is 0.614. The molecule has 1 heterocycles. The van der Waals surface area contributed by atoms with Gasteiger partial charge < -0.3 is 14.7 Å². The van der Waals surface area contributed by atoms with Crippen LogP contribution in [-0.4, -0.2) is 35.6 Å². The lowest BCUT2D eigenvalue weighted by molar-refractivity contribution is -0.134. The number of aliphatic hydroxyl groups excluding tert-OH is 1. The fourth-order valence-electron chi connectivity index (χ4n) is 2.33. The summed E-state index contributed by atoms with van der Waals surface area (Å²) in [6.45, 7) is 3.40. The van der Waals surface area contributed by atoms with Crippen LogP contribution >= 0.6 is 0 Å². The fraction of sp³-hybridized carbons (Fsp3) is 0.533. The minimum absolute atomic E-state index is 0.0279. The average Bonchev–Trinajstić information content (AvgIpc) is 2.46. The number of ether oxygens (including phenoxy) is 1. The van der Waals surface area contributed by atoms with E-state index in [1.807, 2.05) is 23.1 Å². The molecule has 1 aliphatic rings. The lowest BCUT2D eigenvalue weighted by Crippen LogP contribution is -2.38. The second kappa shape index (κ2) is 6.57. The minimum Gasteiger partial charge on any atom is -0.483 e. The Morgan fingerprint density at radius 3 is 2.68 bits per heavy atom. The summed E-state index contributed by atoms with van der Waals surface area (Å²) in [6.07, 6.45) is 2.77. The lowest BCUT2D eigenvalue weighted by Gasteiger charge is -2.26. The maximum absolute atomic E-state index is 12.0. The van der Waals surface area contributed by atoms with E-state index in [4.69, 9.17) is 4.74 Å². The van der Waals surface area contributed by atoms with Gasteiger partial charge in [-0.15, -0.1) is 0 Å². The molecule has 1 aliphatic heterocycles. The summed E-state index contributed by atoms with van der Waals surface area (Å²) in [4.78, 5) is 13.8. The van der Waals surface area contributed by atoms with Gasteiger partial charge in [0.2, 0.25) is 0 Å². The first kappa shape index (κ1) is 13.9. The van der Waals surface area contributed by atoms with Crippen LogP contribution in [0.5, 0.6) is 5.75 Å². The molecule has 0 radical (unpaired) electrons. The number of hydrogen-bond donors (Lipinski definition) is 1. The smallest absolute Gasteiger partial charge is 0.260 e. The van der Waals surface area contributed by atoms with Crippen LogP contribution in [0.3, 0.4) is 0 Å². The lowest BCUT2D eigenvalue weighted by atomic mass is 10.1. The average molecular weight is 263 g/mol. The maximum Gasteiger partial charge on any atom is 0.260 e. The van der Waals surface area contributed by atoms with Gasteiger partial charge in [-0.3, -0.25) is 4.79 Å². The summed E-state index contributed by atoms with van der Waals surface area (Å²) in [7, 11) is 0. The van der Waals surface area contributed by atoms with E-state index in [0.717, 1.165) is 25.9 Å². The highest BCUT2D eigenvalue weighted by Gasteiger charge is 2.17. The number of hydrogen-bond acceptors (Lipinski definition) is 3. The Kier molecular flexibility index (Phi) is 4.80. The summed E-state index contributed by atoms with van der Waals surface area (Å²) in [6, 6.07) is 7.28. The van der Waals surface area contributed by atoms with Gasteiger partial charge in [-0.2, -0.15) is 0 Å². The molecule has 0 bridgehead atoms. The Bertz CT molecular complexity index is 425. The van der Waals surface area contributed by atoms with Crippen molar-refractivity contribution in [3.63, 3.8) is 0 Å². The number of piperidine rings is 1. The van der Waals surface area contributed by atoms with Crippen molar-refractivity contribution in [1.29, 1.82) is 0 Å². The number of benzene rings is 1. The second-order valence-electron chi connectivity index (χ2n) is 4.94. The molecule has 0 saturated carbocycles. The molecule has 19 heavy (non-hydrogen) atoms. The molecule has 1 unspecified atom stereocenters. The van der Waals surface area contributed by atoms with Gasteiger partial charge in [0.25, 0.3) is 5.91 Å². The van der Waals surface area contributed by atoms with Crippen molar-refractivity contribution >= 4 is 5.91 Å². The normalized spacial score (nSPS) is 17.1. The van der Waals surface area contributed by atoms with Crippen molar-refractivity contribution < 1.29 is 14.6 Å². The van der Waals surface area contributed by atoms with E-state index < -0.39 is 6.10 Å². The van der Waals surface area contributed by atoms with Gasteiger partial charge in [-0.25, -0.2) is 0 Å². The molecule has 1 aromatic rings. The highest BCUT2D eigenvalue weighted by Crippen LogP contribution is 2.24. The highest BCUT2D eigenvalue weighted by atomic mass is 16.5. The Morgan fingerprint density at radius 2 is 2.00 bits per heavy atom. The molecule has 4 nitrogen and oxygen atoms in total. The van der Waals surface area contributed by atoms with Crippen molar-refractivity contribution in [1.82, 2.24) is 4.90 Å². The third kappa shape index (κ3) is 3.70. The number of carbonyl (C=O) groups excluding carboxylic acids is 1. The van der Waals surface area contributed by atoms with E-state index in [0.29, 0.717) is 11.3 Å². The Labute approximate surface area is 114 Å². The number of aliphatic hydroxyl groups is 1. The van der Waals surface area contributed by atoms with Crippen molar-refractivity contribution in [2.75, 3.05) is 19.7 Å². The zero-order chi connectivity index (χ0) is 13.7. The van der Waals surface area contributed by atoms with E-state index in [2.05, 4.69) is 0 Å². The molecule has 1 atom stereocenters. The van der Waals surface area contributed by atoms with Crippen LogP contribution in [0, 0.1) is 0 Å². The van der Waals surface area contributed by atoms with Gasteiger partial charge in [-0.1, -0.05) is 18.2 Å². The van der Waals surface area contributed by atoms with E-state index in [1.165, 1.54) is 6.42 Å². The molecule has 0 spiro atoms. The summed E-state index contributed by atoms with van der Waals surface area (Å²) in [5, 5.41) is 9.64. The first-order chi connectivity index (χ1) is 9.18. The minimum atomic E-state index is -0.596. The van der Waals surface area contributed by atoms with Gasteiger partial charge in [0, 0.05) is 18.7 Å². The highest BCUT2D eigenvalue weighted by molar-refractivity contribution is 5.77. The first-order valence-corrected chi connectivity index (χ1v) is 6.86. The standard InChI is InChI=1S/C15H21NO3/c1-12(17)13-7-3-4-8-14(13)19-11-15(18)16-9-5-2-6-10-16/h3-4,7-8,12,17H,2,5-6,9-11H2,1H3. The van der Waals surface area contributed by atoms with E-state index in [9.17, 15) is 9.90 Å². The monoisotopic (exact) mass is 263 g/mol. The summed E-state index contributed by atoms with van der Waals surface area (Å²) >= 11 is 0. The Hall–Kier alpha value is -1.55. The molecule has 1 amide bonds. The van der Waals surface area contributed by atoms with Crippen molar-refractivity contribution in [3.05, 3.63) is 29.8 Å². The van der Waals surface area contributed by atoms with E-state index in [1.54, 1.807) is 13.0 Å². The van der Waals surface area contributed by atoms with Gasteiger partial charge >= 0.3 is 0 Å². The molecular formula is C15H21NO3. The van der Waals surface area contributed by atoms with Crippen LogP contribution in [0.15, 0.2) is 24.3 Å². The molecular weight excluding hydrogens is 242 g/mol. The topological polar surface area (TPSA) is 49.8 Å². The predicted molar refractivity (Wildman–Crippen MR) is 73.0 cm³/mol. The van der Waals surface area contributed by atoms with E-state index >= 15 is 0 Å². The fourth-order valence-corrected chi connectivity index (χ4v) is 2.33. The Balaban J connectivity index is 1.93. The zero-order valence-corrected chi connectivity index (χ0v) is 11.3. The van der Waals surface area contributed by atoms with Crippen LogP contribution < -0.4 is 4.74 Å². The van der Waals surface area contributed by atoms with Crippen LogP contribution in [0.4, 0.5) is 0 Å². The number of amides is 1. The SMILES string of the molecule is CC(O)c1ccccc1OCC(=O)N1CCCCC1. The first-order valence-electron chi connectivity index (χ1n) is 6.86. The second-order valence-corrected chi connectivity index (χ2v) is 4.94. The van der Waals surface area contributed by atoms with E-state index in [-0.39, 0.29) is 12.5 Å². The van der Waals surface area contributed by atoms with Gasteiger partial charge in [0.15, 0.2) is 6.61 Å². The van der Waals surface area contributed by atoms with Gasteiger partial charge in [0.05, 0.1) is 6.10 Å². The van der Waals surface area contributed by atoms with Crippen LogP contribution in [0.1, 0.15) is 37.9 Å². The van der Waals surface area contributed by atoms with Crippen LogP contribution in [-0.2, 0) is 4.79 Å². The molecule has 104 valence electrons. The molecule has 1 saturated heterocycles. The third-order valence-electron chi connectivity index (χ3n) is 3.43. The summed E-state index contributed by atoms with van der Waals surface area (Å²) < 4.78 is 5.56. The van der Waals surface area contributed by atoms with Crippen LogP contribution in [0.2, 0.25) is 0 Å². The number of para-hydroxylation sites is 1. The predicted octanol–water partition coefficient (Wildman–Crippen LogP) is 2.13. The molecule has 1 aromatic carbocycles. The third-order valence-corrected chi connectivity index (χ3v) is 3.43. The molecule has 4 heteroatoms. The molecule has 2 rings (SSSR count). The van der Waals surface area contributed by atoms with Gasteiger partial charge in [0.1, 0.15) is 5.75 Å². The quantitative estimate of drug-likeness (QED) is 0.905. The van der Waals surface area contributed by atoms with Crippen molar-refractivity contribution in [2.45, 2.75) is 32.3 Å². The van der Waals surface area contributed by atoms with Crippen LogP contribution in [0.25, 0.3) is 0 Å². The number of nitrogens with zero attached hydrogens (tertiary/aromatic N) is 1.